The largest absolute Gasteiger partial charge is 0.341 e. The molecule has 2 aromatic carbocycles. The summed E-state index contributed by atoms with van der Waals surface area (Å²) in [5, 5.41) is 8.54. The standard InChI is InChI=1S/C25H32N4O3/c1-17-9-11-22(12-10-17)28-25(32)26-15-20-7-5-13-29(16-20)24(31)19(3)27-23(30)21-8-4-6-18(2)14-21/h4,6,8-12,14,19-20H,5,7,13,15-16H2,1-3H3,(H,27,30)(H2,26,28,32). The Kier molecular flexibility index (Phi) is 7.87. The van der Waals surface area contributed by atoms with Crippen LogP contribution in [0.25, 0.3) is 0 Å². The normalized spacial score (nSPS) is 16.7. The van der Waals surface area contributed by atoms with E-state index >= 15 is 0 Å². The summed E-state index contributed by atoms with van der Waals surface area (Å²) in [6.45, 7) is 7.35. The molecule has 32 heavy (non-hydrogen) atoms. The van der Waals surface area contributed by atoms with Gasteiger partial charge in [-0.2, -0.15) is 0 Å². The van der Waals surface area contributed by atoms with Crippen LogP contribution in [0.1, 0.15) is 41.3 Å². The van der Waals surface area contributed by atoms with E-state index < -0.39 is 6.04 Å². The summed E-state index contributed by atoms with van der Waals surface area (Å²) < 4.78 is 0. The van der Waals surface area contributed by atoms with Crippen LogP contribution < -0.4 is 16.0 Å². The molecule has 2 atom stereocenters. The monoisotopic (exact) mass is 436 g/mol. The van der Waals surface area contributed by atoms with E-state index in [0.29, 0.717) is 25.2 Å². The number of hydrogen-bond acceptors (Lipinski definition) is 3. The second-order valence-corrected chi connectivity index (χ2v) is 8.56. The van der Waals surface area contributed by atoms with Crippen LogP contribution in [-0.2, 0) is 4.79 Å². The van der Waals surface area contributed by atoms with Crippen molar-refractivity contribution >= 4 is 23.5 Å². The van der Waals surface area contributed by atoms with Crippen molar-refractivity contribution in [2.75, 3.05) is 25.0 Å². The number of anilines is 1. The van der Waals surface area contributed by atoms with E-state index in [1.54, 1.807) is 24.0 Å². The number of benzene rings is 2. The van der Waals surface area contributed by atoms with Crippen LogP contribution in [0, 0.1) is 19.8 Å². The van der Waals surface area contributed by atoms with Crippen molar-refractivity contribution in [3.05, 3.63) is 65.2 Å². The predicted octanol–water partition coefficient (Wildman–Crippen LogP) is 3.48. The van der Waals surface area contributed by atoms with Crippen molar-refractivity contribution in [2.24, 2.45) is 5.92 Å². The van der Waals surface area contributed by atoms with Crippen LogP contribution in [0.4, 0.5) is 10.5 Å². The molecule has 1 fully saturated rings. The average molecular weight is 437 g/mol. The summed E-state index contributed by atoms with van der Waals surface area (Å²) in [6.07, 6.45) is 1.81. The van der Waals surface area contributed by atoms with Crippen LogP contribution >= 0.6 is 0 Å². The molecule has 1 aliphatic rings. The SMILES string of the molecule is Cc1ccc(NC(=O)NCC2CCCN(C(=O)C(C)NC(=O)c3cccc(C)c3)C2)cc1. The van der Waals surface area contributed by atoms with Crippen molar-refractivity contribution < 1.29 is 14.4 Å². The van der Waals surface area contributed by atoms with Gasteiger partial charge in [0, 0.05) is 30.9 Å². The Balaban J connectivity index is 1.46. The van der Waals surface area contributed by atoms with Gasteiger partial charge in [0.05, 0.1) is 0 Å². The van der Waals surface area contributed by atoms with E-state index in [4.69, 9.17) is 0 Å². The van der Waals surface area contributed by atoms with Gasteiger partial charge in [0.25, 0.3) is 5.91 Å². The van der Waals surface area contributed by atoms with E-state index in [0.717, 1.165) is 29.7 Å². The lowest BCUT2D eigenvalue weighted by Gasteiger charge is -2.34. The number of carbonyl (C=O) groups excluding carboxylic acids is 3. The third-order valence-corrected chi connectivity index (χ3v) is 5.69. The zero-order chi connectivity index (χ0) is 23.1. The van der Waals surface area contributed by atoms with Crippen molar-refractivity contribution in [1.29, 1.82) is 0 Å². The predicted molar refractivity (Wildman–Crippen MR) is 126 cm³/mol. The first-order chi connectivity index (χ1) is 15.3. The first-order valence-corrected chi connectivity index (χ1v) is 11.1. The highest BCUT2D eigenvalue weighted by atomic mass is 16.2. The van der Waals surface area contributed by atoms with E-state index in [-0.39, 0.29) is 23.8 Å². The summed E-state index contributed by atoms with van der Waals surface area (Å²) in [5.74, 6) is -0.173. The van der Waals surface area contributed by atoms with Gasteiger partial charge in [0.2, 0.25) is 5.91 Å². The lowest BCUT2D eigenvalue weighted by Crippen LogP contribution is -2.51. The van der Waals surface area contributed by atoms with Crippen molar-refractivity contribution in [1.82, 2.24) is 15.5 Å². The summed E-state index contributed by atoms with van der Waals surface area (Å²) in [5.41, 5.74) is 3.42. The lowest BCUT2D eigenvalue weighted by atomic mass is 9.97. The number of rotatable bonds is 6. The van der Waals surface area contributed by atoms with Crippen molar-refractivity contribution in [3.8, 4) is 0 Å². The molecule has 3 N–H and O–H groups in total. The van der Waals surface area contributed by atoms with Gasteiger partial charge < -0.3 is 20.9 Å². The molecular weight excluding hydrogens is 404 g/mol. The maximum Gasteiger partial charge on any atom is 0.319 e. The Morgan fingerprint density at radius 3 is 2.53 bits per heavy atom. The third-order valence-electron chi connectivity index (χ3n) is 5.69. The number of amides is 4. The zero-order valence-electron chi connectivity index (χ0n) is 19.0. The molecule has 0 saturated carbocycles. The van der Waals surface area contributed by atoms with Crippen LogP contribution in [0.5, 0.6) is 0 Å². The summed E-state index contributed by atoms with van der Waals surface area (Å²) in [6, 6.07) is 14.0. The Bertz CT molecular complexity index is 958. The van der Waals surface area contributed by atoms with Gasteiger partial charge in [-0.3, -0.25) is 9.59 Å². The van der Waals surface area contributed by atoms with Gasteiger partial charge in [0.1, 0.15) is 6.04 Å². The van der Waals surface area contributed by atoms with Crippen LogP contribution in [0.15, 0.2) is 48.5 Å². The summed E-state index contributed by atoms with van der Waals surface area (Å²) in [7, 11) is 0. The fourth-order valence-corrected chi connectivity index (χ4v) is 3.88. The summed E-state index contributed by atoms with van der Waals surface area (Å²) >= 11 is 0. The second kappa shape index (κ2) is 10.8. The minimum absolute atomic E-state index is 0.0974. The summed E-state index contributed by atoms with van der Waals surface area (Å²) in [4.78, 5) is 39.3. The number of piperidine rings is 1. The molecule has 0 spiro atoms. The van der Waals surface area contributed by atoms with Gasteiger partial charge in [-0.15, -0.1) is 0 Å². The molecule has 2 unspecified atom stereocenters. The molecular formula is C25H32N4O3. The molecule has 7 heteroatoms. The van der Waals surface area contributed by atoms with E-state index in [1.165, 1.54) is 0 Å². The van der Waals surface area contributed by atoms with Crippen LogP contribution in [0.2, 0.25) is 0 Å². The van der Waals surface area contributed by atoms with E-state index in [9.17, 15) is 14.4 Å². The second-order valence-electron chi connectivity index (χ2n) is 8.56. The van der Waals surface area contributed by atoms with Gasteiger partial charge >= 0.3 is 6.03 Å². The fraction of sp³-hybridized carbons (Fsp3) is 0.400. The molecule has 0 bridgehead atoms. The molecule has 0 radical (unpaired) electrons. The minimum atomic E-state index is -0.612. The molecule has 3 rings (SSSR count). The van der Waals surface area contributed by atoms with Crippen LogP contribution in [-0.4, -0.2) is 48.4 Å². The Morgan fingerprint density at radius 2 is 1.81 bits per heavy atom. The highest BCUT2D eigenvalue weighted by Gasteiger charge is 2.28. The molecule has 4 amide bonds. The number of hydrogen-bond donors (Lipinski definition) is 3. The van der Waals surface area contributed by atoms with Gasteiger partial charge in [-0.25, -0.2) is 4.79 Å². The Hall–Kier alpha value is -3.35. The number of aryl methyl sites for hydroxylation is 2. The number of nitrogens with zero attached hydrogens (tertiary/aromatic N) is 1. The van der Waals surface area contributed by atoms with Crippen molar-refractivity contribution in [3.63, 3.8) is 0 Å². The quantitative estimate of drug-likeness (QED) is 0.648. The zero-order valence-corrected chi connectivity index (χ0v) is 19.0. The third kappa shape index (κ3) is 6.57. The van der Waals surface area contributed by atoms with Crippen molar-refractivity contribution in [2.45, 2.75) is 39.7 Å². The average Bonchev–Trinajstić information content (AvgIpc) is 2.79. The highest BCUT2D eigenvalue weighted by molar-refractivity contribution is 5.97. The molecule has 0 aliphatic carbocycles. The topological polar surface area (TPSA) is 90.5 Å². The minimum Gasteiger partial charge on any atom is -0.341 e. The molecule has 2 aromatic rings. The molecule has 0 aromatic heterocycles. The molecule has 1 aliphatic heterocycles. The first kappa shape index (κ1) is 23.3. The Morgan fingerprint density at radius 1 is 1.06 bits per heavy atom. The van der Waals surface area contributed by atoms with Gasteiger partial charge in [-0.05, 0) is 63.8 Å². The fourth-order valence-electron chi connectivity index (χ4n) is 3.88. The molecule has 7 nitrogen and oxygen atoms in total. The van der Waals surface area contributed by atoms with Gasteiger partial charge in [-0.1, -0.05) is 35.4 Å². The Labute approximate surface area is 189 Å². The number of nitrogens with one attached hydrogen (secondary N) is 3. The number of urea groups is 1. The smallest absolute Gasteiger partial charge is 0.319 e. The molecule has 1 saturated heterocycles. The van der Waals surface area contributed by atoms with E-state index in [2.05, 4.69) is 16.0 Å². The van der Waals surface area contributed by atoms with Gasteiger partial charge in [0.15, 0.2) is 0 Å². The lowest BCUT2D eigenvalue weighted by molar-refractivity contribution is -0.134. The van der Waals surface area contributed by atoms with Crippen LogP contribution in [0.3, 0.4) is 0 Å². The maximum atomic E-state index is 12.9. The number of likely N-dealkylation sites (tertiary alicyclic amines) is 1. The van der Waals surface area contributed by atoms with E-state index in [1.807, 2.05) is 50.2 Å². The highest BCUT2D eigenvalue weighted by Crippen LogP contribution is 2.17. The first-order valence-electron chi connectivity index (χ1n) is 11.1. The maximum absolute atomic E-state index is 12.9. The molecule has 170 valence electrons. The molecule has 1 heterocycles. The number of carbonyl (C=O) groups is 3.